The average Bonchev–Trinajstić information content (AvgIpc) is 2.70. The van der Waals surface area contributed by atoms with Gasteiger partial charge in [0.15, 0.2) is 0 Å². The van der Waals surface area contributed by atoms with Crippen LogP contribution in [0.5, 0.6) is 0 Å². The van der Waals surface area contributed by atoms with Gasteiger partial charge in [0.2, 0.25) is 0 Å². The predicted molar refractivity (Wildman–Crippen MR) is 103 cm³/mol. The number of aliphatic hydroxyl groups is 1. The van der Waals surface area contributed by atoms with Gasteiger partial charge in [-0.3, -0.25) is 25.7 Å². The van der Waals surface area contributed by atoms with Gasteiger partial charge in [0, 0.05) is 24.6 Å². The molecule has 0 aliphatic rings. The minimum absolute atomic E-state index is 0.239. The number of nitrogens with zero attached hydrogens (tertiary/aromatic N) is 3. The lowest BCUT2D eigenvalue weighted by Crippen LogP contribution is -2.58. The number of halogens is 6. The van der Waals surface area contributed by atoms with Gasteiger partial charge < -0.3 is 5.11 Å². The zero-order valence-corrected chi connectivity index (χ0v) is 16.2. The maximum atomic E-state index is 13.2. The van der Waals surface area contributed by atoms with Crippen molar-refractivity contribution in [2.45, 2.75) is 30.8 Å². The molecule has 0 bridgehead atoms. The number of benzene rings is 2. The van der Waals surface area contributed by atoms with Gasteiger partial charge in [-0.05, 0) is 11.6 Å². The van der Waals surface area contributed by atoms with Gasteiger partial charge in [-0.15, -0.1) is 0 Å². The first-order valence-corrected chi connectivity index (χ1v) is 8.80. The molecule has 178 valence electrons. The van der Waals surface area contributed by atoms with E-state index in [2.05, 4.69) is 5.10 Å². The van der Waals surface area contributed by atoms with Crippen molar-refractivity contribution in [3.8, 4) is 0 Å². The van der Waals surface area contributed by atoms with Crippen molar-refractivity contribution in [1.29, 1.82) is 0 Å². The van der Waals surface area contributed by atoms with Crippen molar-refractivity contribution in [2.75, 3.05) is 5.43 Å². The fourth-order valence-corrected chi connectivity index (χ4v) is 2.65. The molecule has 2 aromatic carbocycles. The summed E-state index contributed by atoms with van der Waals surface area (Å²) in [7, 11) is 0. The summed E-state index contributed by atoms with van der Waals surface area (Å²) < 4.78 is 78.9. The monoisotopic (exact) mass is 480 g/mol. The van der Waals surface area contributed by atoms with Gasteiger partial charge in [0.25, 0.3) is 11.3 Å². The molecule has 2 N–H and O–H groups in total. The molecule has 0 saturated carbocycles. The Kier molecular flexibility index (Phi) is 7.26. The SMILES string of the molecule is O=[N+]([O-])c1ccc(N/N=C(\Cc2ccccc2)CC(O)(C(F)(F)F)C(F)(F)F)c([N+](=O)[O-])c1. The highest BCUT2D eigenvalue weighted by Crippen LogP contribution is 2.45. The highest BCUT2D eigenvalue weighted by atomic mass is 19.4. The summed E-state index contributed by atoms with van der Waals surface area (Å²) >= 11 is 0. The van der Waals surface area contributed by atoms with Gasteiger partial charge in [-0.2, -0.15) is 31.4 Å². The van der Waals surface area contributed by atoms with Crippen LogP contribution >= 0.6 is 0 Å². The maximum absolute atomic E-state index is 13.2. The Hall–Kier alpha value is -3.75. The molecule has 0 aliphatic carbocycles. The van der Waals surface area contributed by atoms with E-state index in [0.29, 0.717) is 6.07 Å². The summed E-state index contributed by atoms with van der Waals surface area (Å²) in [6.45, 7) is 0. The van der Waals surface area contributed by atoms with Crippen LogP contribution < -0.4 is 5.43 Å². The van der Waals surface area contributed by atoms with Gasteiger partial charge in [0.05, 0.1) is 15.9 Å². The Labute approximate surface area is 180 Å². The van der Waals surface area contributed by atoms with Crippen molar-refractivity contribution in [2.24, 2.45) is 5.10 Å². The van der Waals surface area contributed by atoms with E-state index in [1.54, 1.807) is 6.07 Å². The molecule has 2 rings (SSSR count). The van der Waals surface area contributed by atoms with E-state index in [1.807, 2.05) is 5.43 Å². The molecule has 0 fully saturated rings. The Morgan fingerprint density at radius 1 is 0.939 bits per heavy atom. The number of nitrogens with one attached hydrogen (secondary N) is 1. The summed E-state index contributed by atoms with van der Waals surface area (Å²) in [4.78, 5) is 20.0. The molecule has 0 amide bonds. The maximum Gasteiger partial charge on any atom is 0.426 e. The third-order valence-electron chi connectivity index (χ3n) is 4.37. The van der Waals surface area contributed by atoms with Crippen molar-refractivity contribution in [3.63, 3.8) is 0 Å². The summed E-state index contributed by atoms with van der Waals surface area (Å²) in [5, 5.41) is 35.0. The quantitative estimate of drug-likeness (QED) is 0.242. The molecule has 0 spiro atoms. The topological polar surface area (TPSA) is 131 Å². The van der Waals surface area contributed by atoms with Crippen molar-refractivity contribution >= 4 is 22.8 Å². The molecule has 0 unspecified atom stereocenters. The molecular formula is C18H14F6N4O5. The van der Waals surface area contributed by atoms with Crippen LogP contribution in [0.4, 0.5) is 43.4 Å². The predicted octanol–water partition coefficient (Wildman–Crippen LogP) is 4.76. The first kappa shape index (κ1) is 25.5. The average molecular weight is 480 g/mol. The van der Waals surface area contributed by atoms with E-state index < -0.39 is 63.4 Å². The third-order valence-corrected chi connectivity index (χ3v) is 4.37. The lowest BCUT2D eigenvalue weighted by atomic mass is 9.92. The number of rotatable bonds is 8. The zero-order chi connectivity index (χ0) is 25.0. The van der Waals surface area contributed by atoms with Crippen LogP contribution in [0.2, 0.25) is 0 Å². The first-order valence-electron chi connectivity index (χ1n) is 8.80. The number of hydrogen-bond donors (Lipinski definition) is 2. The zero-order valence-electron chi connectivity index (χ0n) is 16.2. The normalized spacial score (nSPS) is 13.0. The number of non-ortho nitro benzene ring substituents is 1. The van der Waals surface area contributed by atoms with Crippen molar-refractivity contribution < 1.29 is 41.3 Å². The Morgan fingerprint density at radius 2 is 1.52 bits per heavy atom. The Morgan fingerprint density at radius 3 is 2.00 bits per heavy atom. The first-order chi connectivity index (χ1) is 15.2. The van der Waals surface area contributed by atoms with Gasteiger partial charge >= 0.3 is 18.0 Å². The van der Waals surface area contributed by atoms with Crippen LogP contribution in [0.25, 0.3) is 0 Å². The minimum Gasteiger partial charge on any atom is -0.373 e. The number of hydrazone groups is 1. The van der Waals surface area contributed by atoms with Crippen molar-refractivity contribution in [1.82, 2.24) is 0 Å². The van der Waals surface area contributed by atoms with E-state index in [1.165, 1.54) is 24.3 Å². The molecule has 0 saturated heterocycles. The van der Waals surface area contributed by atoms with Crippen LogP contribution in [-0.4, -0.2) is 38.6 Å². The molecule has 15 heteroatoms. The largest absolute Gasteiger partial charge is 0.426 e. The van der Waals surface area contributed by atoms with Crippen molar-refractivity contribution in [3.05, 3.63) is 74.3 Å². The van der Waals surface area contributed by atoms with Crippen LogP contribution in [0.1, 0.15) is 12.0 Å². The molecule has 0 aliphatic heterocycles. The lowest BCUT2D eigenvalue weighted by Gasteiger charge is -2.32. The summed E-state index contributed by atoms with van der Waals surface area (Å²) in [5.41, 5.74) is -5.86. The second kappa shape index (κ2) is 9.40. The van der Waals surface area contributed by atoms with Gasteiger partial charge in [-0.25, -0.2) is 0 Å². The van der Waals surface area contributed by atoms with Crippen LogP contribution in [0.3, 0.4) is 0 Å². The summed E-state index contributed by atoms with van der Waals surface area (Å²) in [6.07, 6.45) is -14.8. The lowest BCUT2D eigenvalue weighted by molar-refractivity contribution is -0.393. The summed E-state index contributed by atoms with van der Waals surface area (Å²) in [5.74, 6) is 0. The minimum atomic E-state index is -6.11. The molecule has 0 atom stereocenters. The summed E-state index contributed by atoms with van der Waals surface area (Å²) in [6, 6.07) is 9.40. The molecule has 2 aromatic rings. The standard InChI is InChI=1S/C18H14F6N4O5/c19-17(20,21)16(29,18(22,23)24)10-12(8-11-4-2-1-3-5-11)25-26-14-7-6-13(27(30)31)9-15(14)28(32)33/h1-7,9,26,29H,8,10H2/b25-12+. The van der Waals surface area contributed by atoms with Crippen LogP contribution in [0.15, 0.2) is 53.6 Å². The number of nitro groups is 2. The second-order valence-electron chi connectivity index (χ2n) is 6.70. The number of alkyl halides is 6. The Bertz CT molecular complexity index is 1040. The number of hydrogen-bond acceptors (Lipinski definition) is 7. The molecule has 0 radical (unpaired) electrons. The smallest absolute Gasteiger partial charge is 0.373 e. The molecule has 0 heterocycles. The van der Waals surface area contributed by atoms with Crippen LogP contribution in [-0.2, 0) is 6.42 Å². The van der Waals surface area contributed by atoms with E-state index in [4.69, 9.17) is 0 Å². The second-order valence-corrected chi connectivity index (χ2v) is 6.70. The van der Waals surface area contributed by atoms with Gasteiger partial charge in [-0.1, -0.05) is 30.3 Å². The van der Waals surface area contributed by atoms with E-state index in [9.17, 15) is 51.7 Å². The van der Waals surface area contributed by atoms with E-state index in [0.717, 1.165) is 12.1 Å². The van der Waals surface area contributed by atoms with Crippen LogP contribution in [0, 0.1) is 20.2 Å². The van der Waals surface area contributed by atoms with Gasteiger partial charge in [0.1, 0.15) is 5.69 Å². The fraction of sp³-hybridized carbons (Fsp3) is 0.278. The molecule has 33 heavy (non-hydrogen) atoms. The number of nitro benzene ring substituents is 2. The highest BCUT2D eigenvalue weighted by Gasteiger charge is 2.70. The number of anilines is 1. The molecular weight excluding hydrogens is 466 g/mol. The third kappa shape index (κ3) is 5.94. The van der Waals surface area contributed by atoms with E-state index >= 15 is 0 Å². The van der Waals surface area contributed by atoms with E-state index in [-0.39, 0.29) is 5.56 Å². The fourth-order valence-electron chi connectivity index (χ4n) is 2.65. The highest BCUT2D eigenvalue weighted by molar-refractivity contribution is 5.88. The molecule has 0 aromatic heterocycles. The molecule has 9 nitrogen and oxygen atoms in total. The Balaban J connectivity index is 2.51.